The van der Waals surface area contributed by atoms with Crippen LogP contribution in [0.2, 0.25) is 0 Å². The quantitative estimate of drug-likeness (QED) is 0.729. The van der Waals surface area contributed by atoms with Crippen LogP contribution in [-0.4, -0.2) is 46.5 Å². The molecule has 1 rings (SSSR count). The maximum atomic E-state index is 11.9. The Morgan fingerprint density at radius 3 is 2.94 bits per heavy atom. The third kappa shape index (κ3) is 6.82. The van der Waals surface area contributed by atoms with Gasteiger partial charge in [0, 0.05) is 32.1 Å². The number of ether oxygens (including phenoxy) is 1. The van der Waals surface area contributed by atoms with Gasteiger partial charge in [0.2, 0.25) is 0 Å². The van der Waals surface area contributed by atoms with Gasteiger partial charge in [0.1, 0.15) is 0 Å². The van der Waals surface area contributed by atoms with Gasteiger partial charge >= 0.3 is 5.51 Å². The van der Waals surface area contributed by atoms with E-state index in [0.717, 1.165) is 0 Å². The zero-order valence-corrected chi connectivity index (χ0v) is 10.7. The lowest BCUT2D eigenvalue weighted by Crippen LogP contribution is -2.18. The minimum Gasteiger partial charge on any atom is -0.383 e. The third-order valence-electron chi connectivity index (χ3n) is 1.96. The lowest BCUT2D eigenvalue weighted by Gasteiger charge is -2.04. The summed E-state index contributed by atoms with van der Waals surface area (Å²) in [7, 11) is 1.61. The Balaban J connectivity index is 2.21. The van der Waals surface area contributed by atoms with E-state index in [1.54, 1.807) is 13.3 Å². The van der Waals surface area contributed by atoms with Crippen LogP contribution < -0.4 is 5.32 Å². The second-order valence-electron chi connectivity index (χ2n) is 3.44. The number of hydrogen-bond donors (Lipinski definition) is 1. The molecular weight excluding hydrogens is 269 g/mol. The van der Waals surface area contributed by atoms with Crippen molar-refractivity contribution < 1.29 is 17.9 Å². The summed E-state index contributed by atoms with van der Waals surface area (Å²) in [6, 6.07) is 0. The molecule has 1 N–H and O–H groups in total. The second-order valence-corrected chi connectivity index (χ2v) is 4.60. The molecule has 0 saturated heterocycles. The van der Waals surface area contributed by atoms with E-state index in [4.69, 9.17) is 4.74 Å². The van der Waals surface area contributed by atoms with Gasteiger partial charge in [-0.1, -0.05) is 5.21 Å². The number of aromatic nitrogens is 3. The Morgan fingerprint density at radius 2 is 2.28 bits per heavy atom. The molecule has 0 aliphatic heterocycles. The molecular formula is C9H15F3N4OS. The summed E-state index contributed by atoms with van der Waals surface area (Å²) >= 11 is -0.0586. The molecule has 9 heteroatoms. The van der Waals surface area contributed by atoms with Crippen molar-refractivity contribution in [2.24, 2.45) is 0 Å². The summed E-state index contributed by atoms with van der Waals surface area (Å²) in [6.45, 7) is 1.99. The van der Waals surface area contributed by atoms with Gasteiger partial charge < -0.3 is 10.1 Å². The van der Waals surface area contributed by atoms with Crippen LogP contribution in [0.4, 0.5) is 13.2 Å². The van der Waals surface area contributed by atoms with Gasteiger partial charge in [0.15, 0.2) is 0 Å². The molecule has 1 heterocycles. The van der Waals surface area contributed by atoms with Crippen molar-refractivity contribution in [3.05, 3.63) is 11.9 Å². The van der Waals surface area contributed by atoms with Crippen LogP contribution in [0.25, 0.3) is 0 Å². The number of alkyl halides is 3. The molecule has 0 aliphatic rings. The highest BCUT2D eigenvalue weighted by atomic mass is 32.2. The van der Waals surface area contributed by atoms with E-state index < -0.39 is 5.51 Å². The Labute approximate surface area is 107 Å². The summed E-state index contributed by atoms with van der Waals surface area (Å²) in [4.78, 5) is 0. The average molecular weight is 284 g/mol. The van der Waals surface area contributed by atoms with Crippen molar-refractivity contribution in [3.8, 4) is 0 Å². The minimum absolute atomic E-state index is 0.0586. The third-order valence-corrected chi connectivity index (χ3v) is 2.68. The summed E-state index contributed by atoms with van der Waals surface area (Å²) in [5, 5.41) is 10.7. The first-order valence-corrected chi connectivity index (χ1v) is 6.29. The Hall–Kier alpha value is -0.800. The lowest BCUT2D eigenvalue weighted by atomic mass is 10.4. The number of nitrogens with one attached hydrogen (secondary N) is 1. The van der Waals surface area contributed by atoms with Gasteiger partial charge in [0.05, 0.1) is 18.8 Å². The average Bonchev–Trinajstić information content (AvgIpc) is 2.71. The normalized spacial score (nSPS) is 12.0. The van der Waals surface area contributed by atoms with Crippen LogP contribution in [-0.2, 0) is 17.8 Å². The molecule has 0 spiro atoms. The molecule has 0 amide bonds. The first-order chi connectivity index (χ1) is 8.51. The van der Waals surface area contributed by atoms with Gasteiger partial charge in [-0.25, -0.2) is 0 Å². The number of aryl methyl sites for hydroxylation is 1. The molecule has 0 atom stereocenters. The van der Waals surface area contributed by atoms with Crippen LogP contribution in [0.5, 0.6) is 0 Å². The highest BCUT2D eigenvalue weighted by Gasteiger charge is 2.27. The summed E-state index contributed by atoms with van der Waals surface area (Å²) < 4.78 is 42.0. The van der Waals surface area contributed by atoms with E-state index in [-0.39, 0.29) is 24.1 Å². The summed E-state index contributed by atoms with van der Waals surface area (Å²) in [5.41, 5.74) is -3.49. The standard InChI is InChI=1S/C9H15F3N4OS/c1-17-4-2-13-6-8-7-16(15-14-8)3-5-18-9(10,11)12/h7,13H,2-6H2,1H3. The molecule has 0 unspecified atom stereocenters. The van der Waals surface area contributed by atoms with E-state index in [1.807, 2.05) is 0 Å². The number of thioether (sulfide) groups is 1. The first-order valence-electron chi connectivity index (χ1n) is 5.30. The maximum Gasteiger partial charge on any atom is 0.441 e. The predicted octanol–water partition coefficient (Wildman–Crippen LogP) is 1.27. The van der Waals surface area contributed by atoms with Crippen molar-refractivity contribution in [1.82, 2.24) is 20.3 Å². The predicted molar refractivity (Wildman–Crippen MR) is 62.1 cm³/mol. The molecule has 0 aromatic carbocycles. The first kappa shape index (κ1) is 15.3. The van der Waals surface area contributed by atoms with Crippen LogP contribution in [0.15, 0.2) is 6.20 Å². The zero-order chi connectivity index (χ0) is 13.4. The van der Waals surface area contributed by atoms with E-state index in [2.05, 4.69) is 15.6 Å². The largest absolute Gasteiger partial charge is 0.441 e. The molecule has 5 nitrogen and oxygen atoms in total. The number of halogens is 3. The smallest absolute Gasteiger partial charge is 0.383 e. The number of nitrogens with zero attached hydrogens (tertiary/aromatic N) is 3. The topological polar surface area (TPSA) is 52.0 Å². The van der Waals surface area contributed by atoms with Gasteiger partial charge in [-0.15, -0.1) is 5.10 Å². The summed E-state index contributed by atoms with van der Waals surface area (Å²) in [6.07, 6.45) is 1.64. The van der Waals surface area contributed by atoms with Gasteiger partial charge in [-0.05, 0) is 11.8 Å². The van der Waals surface area contributed by atoms with E-state index in [9.17, 15) is 13.2 Å². The molecule has 0 saturated carbocycles. The van der Waals surface area contributed by atoms with E-state index in [1.165, 1.54) is 4.68 Å². The SMILES string of the molecule is COCCNCc1cn(CCSC(F)(F)F)nn1. The van der Waals surface area contributed by atoms with Crippen LogP contribution in [0.3, 0.4) is 0 Å². The molecule has 0 aliphatic carbocycles. The Bertz CT molecular complexity index is 345. The van der Waals surface area contributed by atoms with Crippen molar-refractivity contribution in [1.29, 1.82) is 0 Å². The van der Waals surface area contributed by atoms with Gasteiger partial charge in [-0.2, -0.15) is 13.2 Å². The fourth-order valence-electron chi connectivity index (χ4n) is 1.17. The van der Waals surface area contributed by atoms with Gasteiger partial charge in [-0.3, -0.25) is 4.68 Å². The zero-order valence-electron chi connectivity index (χ0n) is 9.90. The van der Waals surface area contributed by atoms with E-state index >= 15 is 0 Å². The fourth-order valence-corrected chi connectivity index (χ4v) is 1.68. The number of rotatable bonds is 8. The molecule has 0 bridgehead atoms. The van der Waals surface area contributed by atoms with Crippen LogP contribution in [0, 0.1) is 0 Å². The molecule has 18 heavy (non-hydrogen) atoms. The van der Waals surface area contributed by atoms with Crippen molar-refractivity contribution in [2.45, 2.75) is 18.6 Å². The minimum atomic E-state index is -4.19. The molecule has 0 radical (unpaired) electrons. The number of hydrogen-bond acceptors (Lipinski definition) is 5. The highest BCUT2D eigenvalue weighted by Crippen LogP contribution is 2.29. The highest BCUT2D eigenvalue weighted by molar-refractivity contribution is 8.00. The fraction of sp³-hybridized carbons (Fsp3) is 0.778. The lowest BCUT2D eigenvalue weighted by molar-refractivity contribution is -0.0328. The van der Waals surface area contributed by atoms with Crippen molar-refractivity contribution in [2.75, 3.05) is 26.0 Å². The maximum absolute atomic E-state index is 11.9. The molecule has 104 valence electrons. The Morgan fingerprint density at radius 1 is 1.50 bits per heavy atom. The molecule has 1 aromatic rings. The second kappa shape index (κ2) is 7.59. The van der Waals surface area contributed by atoms with Crippen LogP contribution in [0.1, 0.15) is 5.69 Å². The molecule has 1 aromatic heterocycles. The van der Waals surface area contributed by atoms with Crippen LogP contribution >= 0.6 is 11.8 Å². The Kier molecular flexibility index (Phi) is 6.44. The molecule has 0 fully saturated rings. The van der Waals surface area contributed by atoms with E-state index in [0.29, 0.717) is 25.4 Å². The van der Waals surface area contributed by atoms with Crippen molar-refractivity contribution >= 4 is 11.8 Å². The van der Waals surface area contributed by atoms with Gasteiger partial charge in [0.25, 0.3) is 0 Å². The monoisotopic (exact) mass is 284 g/mol. The summed E-state index contributed by atoms with van der Waals surface area (Å²) in [5.74, 6) is -0.0661. The van der Waals surface area contributed by atoms with Crippen molar-refractivity contribution in [3.63, 3.8) is 0 Å². The number of methoxy groups -OCH3 is 1.